The van der Waals surface area contributed by atoms with Crippen LogP contribution in [0.15, 0.2) is 24.3 Å². The van der Waals surface area contributed by atoms with Crippen LogP contribution in [0.4, 0.5) is 0 Å². The highest BCUT2D eigenvalue weighted by atomic mass is 28.4. The number of hydrogen-bond donors (Lipinski definition) is 0. The molecule has 2 nitrogen and oxygen atoms in total. The van der Waals surface area contributed by atoms with Crippen LogP contribution in [-0.4, -0.2) is 24.0 Å². The van der Waals surface area contributed by atoms with Crippen LogP contribution in [0.1, 0.15) is 32.8 Å². The van der Waals surface area contributed by atoms with Crippen LogP contribution in [0.5, 0.6) is 5.75 Å². The molecule has 4 heteroatoms. The lowest BCUT2D eigenvalue weighted by molar-refractivity contribution is 0.314. The van der Waals surface area contributed by atoms with Gasteiger partial charge in [0.1, 0.15) is 5.75 Å². The molecule has 0 radical (unpaired) electrons. The molecule has 0 spiro atoms. The summed E-state index contributed by atoms with van der Waals surface area (Å²) in [7, 11) is -2.36. The maximum atomic E-state index is 6.17. The summed E-state index contributed by atoms with van der Waals surface area (Å²) >= 11 is 0. The molecule has 0 saturated heterocycles. The topological polar surface area (TPSA) is 18.5 Å². The van der Waals surface area contributed by atoms with Gasteiger partial charge in [0.2, 0.25) is 0 Å². The van der Waals surface area contributed by atoms with Gasteiger partial charge in [-0.2, -0.15) is 0 Å². The van der Waals surface area contributed by atoms with E-state index in [2.05, 4.69) is 71.2 Å². The summed E-state index contributed by atoms with van der Waals surface area (Å²) in [6.45, 7) is 16.6. The first kappa shape index (κ1) is 18.5. The van der Waals surface area contributed by atoms with Gasteiger partial charge in [0.05, 0.1) is 6.61 Å². The third kappa shape index (κ3) is 7.29. The van der Waals surface area contributed by atoms with Crippen molar-refractivity contribution < 1.29 is 8.85 Å². The van der Waals surface area contributed by atoms with Crippen molar-refractivity contribution in [2.75, 3.05) is 6.61 Å². The highest BCUT2D eigenvalue weighted by molar-refractivity contribution is 6.77. The first-order valence-corrected chi connectivity index (χ1v) is 13.9. The summed E-state index contributed by atoms with van der Waals surface area (Å²) in [5.74, 6) is 0.974. The van der Waals surface area contributed by atoms with Crippen molar-refractivity contribution in [3.63, 3.8) is 0 Å². The second-order valence-electron chi connectivity index (χ2n) is 7.65. The zero-order chi connectivity index (χ0) is 16.1. The molecule has 0 atom stereocenters. The van der Waals surface area contributed by atoms with Crippen molar-refractivity contribution >= 4 is 17.4 Å². The molecular formula is C17H32O2Si2. The number of ether oxygens (including phenoxy) is 1. The largest absolute Gasteiger partial charge is 0.494 e. The lowest BCUT2D eigenvalue weighted by Crippen LogP contribution is -2.35. The molecule has 1 rings (SSSR count). The second kappa shape index (κ2) is 7.61. The van der Waals surface area contributed by atoms with Crippen LogP contribution in [-0.2, 0) is 9.53 Å². The summed E-state index contributed by atoms with van der Waals surface area (Å²) in [5, 5.41) is 0. The standard InChI is InChI=1S/C17H32O2Si2/c1-17(2,3)15-9-11-16(12-10-15)18-13-8-14-21(6,7)19-20(4)5/h9-12,20H,8,13-14H2,1-7H3. The zero-order valence-electron chi connectivity index (χ0n) is 14.8. The Morgan fingerprint density at radius 3 is 2.10 bits per heavy atom. The van der Waals surface area contributed by atoms with E-state index in [1.165, 1.54) is 11.6 Å². The Kier molecular flexibility index (Phi) is 6.69. The molecule has 0 fully saturated rings. The first-order chi connectivity index (χ1) is 9.60. The molecule has 0 heterocycles. The number of benzene rings is 1. The van der Waals surface area contributed by atoms with Crippen molar-refractivity contribution in [3.8, 4) is 5.75 Å². The van der Waals surface area contributed by atoms with Crippen LogP contribution < -0.4 is 4.74 Å². The fraction of sp³-hybridized carbons (Fsp3) is 0.647. The zero-order valence-corrected chi connectivity index (χ0v) is 17.0. The SMILES string of the molecule is C[SiH](C)O[Si](C)(C)CCCOc1ccc(C(C)(C)C)cc1. The Morgan fingerprint density at radius 1 is 1.05 bits per heavy atom. The van der Waals surface area contributed by atoms with Gasteiger partial charge in [-0.15, -0.1) is 0 Å². The lowest BCUT2D eigenvalue weighted by atomic mass is 9.87. The molecule has 0 bridgehead atoms. The lowest BCUT2D eigenvalue weighted by Gasteiger charge is -2.25. The monoisotopic (exact) mass is 324 g/mol. The first-order valence-electron chi connectivity index (χ1n) is 8.01. The third-order valence-corrected chi connectivity index (χ3v) is 9.46. The average Bonchev–Trinajstić information content (AvgIpc) is 2.32. The molecule has 21 heavy (non-hydrogen) atoms. The summed E-state index contributed by atoms with van der Waals surface area (Å²) in [6, 6.07) is 9.68. The van der Waals surface area contributed by atoms with Crippen molar-refractivity contribution in [1.29, 1.82) is 0 Å². The van der Waals surface area contributed by atoms with E-state index >= 15 is 0 Å². The fourth-order valence-corrected chi connectivity index (χ4v) is 9.01. The van der Waals surface area contributed by atoms with Crippen LogP contribution in [0.25, 0.3) is 0 Å². The van der Waals surface area contributed by atoms with E-state index in [9.17, 15) is 0 Å². The molecular weight excluding hydrogens is 292 g/mol. The molecule has 0 unspecified atom stereocenters. The van der Waals surface area contributed by atoms with Gasteiger partial charge in [-0.25, -0.2) is 0 Å². The molecule has 0 amide bonds. The van der Waals surface area contributed by atoms with Gasteiger partial charge in [-0.1, -0.05) is 32.9 Å². The Morgan fingerprint density at radius 2 is 1.62 bits per heavy atom. The highest BCUT2D eigenvalue weighted by Crippen LogP contribution is 2.24. The van der Waals surface area contributed by atoms with Gasteiger partial charge in [-0.3, -0.25) is 0 Å². The minimum Gasteiger partial charge on any atom is -0.494 e. The third-order valence-electron chi connectivity index (χ3n) is 3.47. The van der Waals surface area contributed by atoms with Crippen LogP contribution in [0.3, 0.4) is 0 Å². The van der Waals surface area contributed by atoms with Gasteiger partial charge in [0.25, 0.3) is 0 Å². The Balaban J connectivity index is 2.36. The molecule has 0 aliphatic heterocycles. The Bertz CT molecular complexity index is 419. The second-order valence-corrected chi connectivity index (χ2v) is 14.7. The van der Waals surface area contributed by atoms with Crippen molar-refractivity contribution in [1.82, 2.24) is 0 Å². The van der Waals surface area contributed by atoms with E-state index in [-0.39, 0.29) is 5.41 Å². The van der Waals surface area contributed by atoms with E-state index < -0.39 is 17.4 Å². The molecule has 0 aliphatic carbocycles. The van der Waals surface area contributed by atoms with Gasteiger partial charge >= 0.3 is 0 Å². The van der Waals surface area contributed by atoms with E-state index in [4.69, 9.17) is 8.85 Å². The van der Waals surface area contributed by atoms with E-state index in [0.29, 0.717) is 0 Å². The normalized spacial score (nSPS) is 12.8. The van der Waals surface area contributed by atoms with Crippen molar-refractivity contribution in [2.24, 2.45) is 0 Å². The molecule has 0 N–H and O–H groups in total. The van der Waals surface area contributed by atoms with Gasteiger partial charge in [0.15, 0.2) is 17.4 Å². The van der Waals surface area contributed by atoms with Crippen molar-refractivity contribution in [2.45, 2.75) is 64.8 Å². The van der Waals surface area contributed by atoms with Crippen molar-refractivity contribution in [3.05, 3.63) is 29.8 Å². The molecule has 1 aromatic rings. The van der Waals surface area contributed by atoms with Crippen LogP contribution >= 0.6 is 0 Å². The molecule has 0 aliphatic rings. The minimum atomic E-state index is -1.46. The summed E-state index contributed by atoms with van der Waals surface area (Å²) in [5.41, 5.74) is 1.55. The van der Waals surface area contributed by atoms with Crippen LogP contribution in [0.2, 0.25) is 32.2 Å². The molecule has 0 aromatic heterocycles. The minimum absolute atomic E-state index is 0.201. The number of rotatable bonds is 7. The fourth-order valence-electron chi connectivity index (χ4n) is 2.44. The maximum absolute atomic E-state index is 6.17. The summed E-state index contributed by atoms with van der Waals surface area (Å²) in [4.78, 5) is 0. The molecule has 120 valence electrons. The Hall–Kier alpha value is -0.586. The number of hydrogen-bond acceptors (Lipinski definition) is 2. The van der Waals surface area contributed by atoms with E-state index in [1.54, 1.807) is 0 Å². The summed E-state index contributed by atoms with van der Waals surface area (Å²) in [6.07, 6.45) is 1.08. The van der Waals surface area contributed by atoms with Crippen LogP contribution in [0, 0.1) is 0 Å². The maximum Gasteiger partial charge on any atom is 0.173 e. The van der Waals surface area contributed by atoms with Gasteiger partial charge in [0, 0.05) is 0 Å². The van der Waals surface area contributed by atoms with Gasteiger partial charge in [-0.05, 0) is 61.8 Å². The molecule has 1 aromatic carbocycles. The predicted molar refractivity (Wildman–Crippen MR) is 97.5 cm³/mol. The molecule has 0 saturated carbocycles. The Labute approximate surface area is 133 Å². The average molecular weight is 325 g/mol. The quantitative estimate of drug-likeness (QED) is 0.521. The predicted octanol–water partition coefficient (Wildman–Crippen LogP) is 4.96. The summed E-state index contributed by atoms with van der Waals surface area (Å²) < 4.78 is 12.0. The van der Waals surface area contributed by atoms with E-state index in [0.717, 1.165) is 18.8 Å². The van der Waals surface area contributed by atoms with Gasteiger partial charge < -0.3 is 8.85 Å². The smallest absolute Gasteiger partial charge is 0.173 e. The van der Waals surface area contributed by atoms with E-state index in [1.807, 2.05) is 0 Å². The highest BCUT2D eigenvalue weighted by Gasteiger charge is 2.22.